The van der Waals surface area contributed by atoms with Gasteiger partial charge in [0.25, 0.3) is 12.4 Å². The van der Waals surface area contributed by atoms with E-state index in [0.717, 1.165) is 0 Å². The molecule has 0 radical (unpaired) electrons. The van der Waals surface area contributed by atoms with Crippen LogP contribution in [0.4, 0.5) is 39.5 Å². The summed E-state index contributed by atoms with van der Waals surface area (Å²) < 4.78 is 96.9. The van der Waals surface area contributed by atoms with Gasteiger partial charge in [-0.1, -0.05) is 13.3 Å². The molecule has 0 saturated heterocycles. The molecule has 0 atom stereocenters. The predicted octanol–water partition coefficient (Wildman–Crippen LogP) is 2.78. The number of aliphatic hydroxyl groups is 1. The number of rotatable bonds is 4. The zero-order valence-corrected chi connectivity index (χ0v) is 31.8. The molecule has 0 spiro atoms. The summed E-state index contributed by atoms with van der Waals surface area (Å²) in [6.07, 6.45) is -2.30. The van der Waals surface area contributed by atoms with Gasteiger partial charge in [-0.15, -0.1) is 0 Å². The van der Waals surface area contributed by atoms with Gasteiger partial charge in [0.05, 0.1) is 6.61 Å². The van der Waals surface area contributed by atoms with E-state index in [0.29, 0.717) is 0 Å². The Morgan fingerprint density at radius 2 is 1.31 bits per heavy atom. The van der Waals surface area contributed by atoms with Gasteiger partial charge in [0, 0.05) is 0 Å². The summed E-state index contributed by atoms with van der Waals surface area (Å²) in [5.41, 5.74) is 0. The number of aliphatic carboxylic acids is 1. The fraction of sp³-hybridized carbons (Fsp3) is 0.333. The minimum atomic E-state index is -4.33. The van der Waals surface area contributed by atoms with Crippen molar-refractivity contribution in [3.63, 3.8) is 0 Å². The van der Waals surface area contributed by atoms with Gasteiger partial charge in [0.2, 0.25) is 0 Å². The fourth-order valence-electron chi connectivity index (χ4n) is 0.0812. The molecule has 0 aliphatic heterocycles. The molecule has 26 heavy (non-hydrogen) atoms. The molecule has 0 aliphatic carbocycles. The van der Waals surface area contributed by atoms with E-state index in [1.54, 1.807) is 0 Å². The number of carboxylic acid groups (broad SMARTS) is 2. The van der Waals surface area contributed by atoms with Gasteiger partial charge in [-0.05, 0) is 0 Å². The van der Waals surface area contributed by atoms with E-state index in [2.05, 4.69) is 0 Å². The minimum absolute atomic E-state index is 0. The van der Waals surface area contributed by atoms with Gasteiger partial charge in [-0.25, -0.2) is 37.5 Å². The normalized spacial score (nSPS) is 8.54. The molecule has 0 bridgehead atoms. The SMILES string of the molecule is F[C-]=C(F)F.O=C(O)C(F)(F)[CH-]F.O=CO.OCC(F)(F)[CH-]F.[Rf].[Rf].[Rf]. The maximum atomic E-state index is 11.2. The summed E-state index contributed by atoms with van der Waals surface area (Å²) in [5, 5.41) is 21.9. The number of alkyl halides is 4. The summed E-state index contributed by atoms with van der Waals surface area (Å²) in [4.78, 5) is 17.6. The standard InChI is InChI=1S/C3H2F3O2.C3H4F3O.C2F3.CH2O2.3Rf/c4-1-3(5,6)2(7)8;4-1-3(5,6)2-7;3-1-2(4)5;2-1-3;;;/h1H,(H,7,8);1,7H,2H2;;1H,(H,2,3);;;/q3*-1;;;;. The monoisotopic (exact) mass is 1170 g/mol. The van der Waals surface area contributed by atoms with E-state index < -0.39 is 43.9 Å². The fourth-order valence-corrected chi connectivity index (χ4v) is 0.0812. The van der Waals surface area contributed by atoms with E-state index >= 15 is 0 Å². The molecule has 146 valence electrons. The Morgan fingerprint density at radius 3 is 1.31 bits per heavy atom. The van der Waals surface area contributed by atoms with Crippen LogP contribution in [0.25, 0.3) is 0 Å². The molecule has 0 aromatic heterocycles. The van der Waals surface area contributed by atoms with Crippen LogP contribution in [0.1, 0.15) is 0 Å². The molecular weight excluding hydrogens is 1160 g/mol. The van der Waals surface area contributed by atoms with Crippen LogP contribution in [-0.2, 0) is 9.59 Å². The van der Waals surface area contributed by atoms with Crippen LogP contribution in [0.3, 0.4) is 0 Å². The quantitative estimate of drug-likeness (QED) is 0.229. The van der Waals surface area contributed by atoms with Crippen molar-refractivity contribution in [3.8, 4) is 0 Å². The number of halogens is 9. The van der Waals surface area contributed by atoms with E-state index in [1.807, 2.05) is 0 Å². The summed E-state index contributed by atoms with van der Waals surface area (Å²) in [5.74, 6) is -10.5. The van der Waals surface area contributed by atoms with Crippen LogP contribution >= 0.6 is 0 Å². The van der Waals surface area contributed by atoms with Crippen LogP contribution in [0.15, 0.2) is 6.08 Å². The first-order chi connectivity index (χ1) is 10.3. The Bertz CT molecular complexity index is 339. The maximum absolute atomic E-state index is 11.2. The van der Waals surface area contributed by atoms with Crippen molar-refractivity contribution in [1.29, 1.82) is 0 Å². The van der Waals surface area contributed by atoms with E-state index in [1.165, 1.54) is 0 Å². The molecule has 5 nitrogen and oxygen atoms in total. The molecule has 17 heteroatoms. The molecule has 0 heterocycles. The summed E-state index contributed by atoms with van der Waals surface area (Å²) in [6.45, 7) is -3.73. The first-order valence-electron chi connectivity index (χ1n) is 4.43. The van der Waals surface area contributed by atoms with Crippen molar-refractivity contribution in [2.24, 2.45) is 0 Å². The smallest absolute Gasteiger partial charge is 0.344 e. The largest absolute Gasteiger partial charge is 0.483 e. The number of hydrogen-bond acceptors (Lipinski definition) is 3. The second-order valence-corrected chi connectivity index (χ2v) is 2.53. The van der Waals surface area contributed by atoms with Crippen LogP contribution in [-0.4, -0.2) is 46.2 Å². The van der Waals surface area contributed by atoms with E-state index in [9.17, 15) is 44.3 Å². The topological polar surface area (TPSA) is 94.8 Å². The number of carboxylic acids is 1. The van der Waals surface area contributed by atoms with Crippen molar-refractivity contribution in [1.82, 2.24) is 0 Å². The Labute approximate surface area is 122 Å². The van der Waals surface area contributed by atoms with Crippen LogP contribution < -0.4 is 0 Å². The first-order valence-corrected chi connectivity index (χ1v) is 4.43. The molecule has 0 fully saturated rings. The first kappa shape index (κ1) is 42.9. The molecule has 0 amide bonds. The number of aliphatic hydroxyl groups excluding tert-OH is 1. The molecule has 0 aromatic carbocycles. The molecule has 0 unspecified atom stereocenters. The Kier molecular flexibility index (Phi) is 36.7. The summed E-state index contributed by atoms with van der Waals surface area (Å²) in [7, 11) is 0. The Balaban J connectivity index is -0.0000000373. The second kappa shape index (κ2) is 22.3. The Hall–Kier alpha value is -4.99. The van der Waals surface area contributed by atoms with Crippen molar-refractivity contribution < 1.29 is 64.4 Å². The van der Waals surface area contributed by atoms with Crippen LogP contribution in [0.2, 0.25) is 0 Å². The zero-order chi connectivity index (χ0) is 19.7. The average Bonchev–Trinajstić information content (AvgIpc) is 2.49. The molecule has 0 rings (SSSR count). The van der Waals surface area contributed by atoms with Gasteiger partial charge >= 0.3 is 5.97 Å². The molecule has 0 saturated carbocycles. The molecule has 3 N–H and O–H groups in total. The van der Waals surface area contributed by atoms with Gasteiger partial charge in [0.1, 0.15) is 6.08 Å². The van der Waals surface area contributed by atoms with Crippen molar-refractivity contribution in [3.05, 3.63) is 25.8 Å². The van der Waals surface area contributed by atoms with Crippen molar-refractivity contribution in [2.45, 2.75) is 11.8 Å². The van der Waals surface area contributed by atoms with Gasteiger partial charge < -0.3 is 28.5 Å². The van der Waals surface area contributed by atoms with E-state index in [-0.39, 0.29) is 12.8 Å². The van der Waals surface area contributed by atoms with E-state index in [4.69, 9.17) is 20.1 Å². The third kappa shape index (κ3) is 42.7. The second-order valence-electron chi connectivity index (χ2n) is 2.53. The van der Waals surface area contributed by atoms with Crippen molar-refractivity contribution >= 4 is 12.4 Å². The summed E-state index contributed by atoms with van der Waals surface area (Å²) in [6, 6.07) is 0. The number of hydrogen-bond donors (Lipinski definition) is 3. The average molecular weight is 1170 g/mol. The molecule has 0 aliphatic rings. The molecule has 0 aromatic rings. The number of carbonyl (C=O) groups is 2. The van der Waals surface area contributed by atoms with Crippen LogP contribution in [0, 0.1) is 19.7 Å². The van der Waals surface area contributed by atoms with Gasteiger partial charge in [-0.2, -0.15) is 0 Å². The van der Waals surface area contributed by atoms with Gasteiger partial charge in [0.15, 0.2) is 5.92 Å². The van der Waals surface area contributed by atoms with Gasteiger partial charge in [-0.3, -0.25) is 4.79 Å². The third-order valence-corrected chi connectivity index (χ3v) is 0.864. The zero-order valence-electron chi connectivity index (χ0n) is 12.6. The Morgan fingerprint density at radius 1 is 1.04 bits per heavy atom. The third-order valence-electron chi connectivity index (χ3n) is 0.864. The predicted molar refractivity (Wildman–Crippen MR) is 54.2 cm³/mol. The van der Waals surface area contributed by atoms with Crippen molar-refractivity contribution in [2.75, 3.05) is 6.61 Å². The minimum Gasteiger partial charge on any atom is -0.483 e. The molecular formula is C9H8F9O5Rf3-3. The van der Waals surface area contributed by atoms with Crippen LogP contribution in [0.5, 0.6) is 0 Å². The maximum Gasteiger partial charge on any atom is 0.344 e. The summed E-state index contributed by atoms with van der Waals surface area (Å²) >= 11 is 0.